The molecule has 0 bridgehead atoms. The third-order valence-electron chi connectivity index (χ3n) is 5.95. The number of nitrogens with one attached hydrogen (secondary N) is 2. The molecule has 2 atom stereocenters. The fourth-order valence-corrected chi connectivity index (χ4v) is 4.17. The minimum atomic E-state index is -4.42. The molecule has 0 aromatic heterocycles. The molecule has 5 nitrogen and oxygen atoms in total. The van der Waals surface area contributed by atoms with Gasteiger partial charge >= 0.3 is 12.2 Å². The zero-order valence-corrected chi connectivity index (χ0v) is 16.9. The molecule has 0 spiro atoms. The number of piperidine rings is 1. The van der Waals surface area contributed by atoms with Crippen molar-refractivity contribution in [3.8, 4) is 0 Å². The summed E-state index contributed by atoms with van der Waals surface area (Å²) in [5.41, 5.74) is 0.262. The van der Waals surface area contributed by atoms with Gasteiger partial charge in [0.15, 0.2) is 0 Å². The highest BCUT2D eigenvalue weighted by Crippen LogP contribution is 2.51. The maximum atomic E-state index is 13.2. The van der Waals surface area contributed by atoms with Gasteiger partial charge in [-0.2, -0.15) is 13.2 Å². The van der Waals surface area contributed by atoms with Crippen molar-refractivity contribution in [2.75, 3.05) is 18.4 Å². The van der Waals surface area contributed by atoms with Crippen LogP contribution in [0.15, 0.2) is 54.6 Å². The van der Waals surface area contributed by atoms with E-state index in [1.807, 2.05) is 30.3 Å². The first-order chi connectivity index (χ1) is 14.8. The van der Waals surface area contributed by atoms with E-state index in [4.69, 9.17) is 0 Å². The van der Waals surface area contributed by atoms with E-state index in [2.05, 4.69) is 10.6 Å². The van der Waals surface area contributed by atoms with Gasteiger partial charge in [0, 0.05) is 30.7 Å². The average Bonchev–Trinajstić information content (AvgIpc) is 3.55. The molecule has 2 fully saturated rings. The molecule has 164 valence electrons. The van der Waals surface area contributed by atoms with Crippen LogP contribution in [0.3, 0.4) is 0 Å². The molecule has 2 N–H and O–H groups in total. The number of hydrogen-bond acceptors (Lipinski definition) is 2. The number of rotatable bonds is 4. The molecule has 4 rings (SSSR count). The van der Waals surface area contributed by atoms with Gasteiger partial charge in [0.25, 0.3) is 0 Å². The minimum absolute atomic E-state index is 0.0765. The number of nitrogens with zero attached hydrogens (tertiary/aromatic N) is 1. The smallest absolute Gasteiger partial charge is 0.353 e. The Kier molecular flexibility index (Phi) is 5.89. The minimum Gasteiger partial charge on any atom is -0.353 e. The number of halogens is 3. The molecule has 1 saturated carbocycles. The molecule has 0 radical (unpaired) electrons. The van der Waals surface area contributed by atoms with Gasteiger partial charge in [-0.25, -0.2) is 4.79 Å². The molecular weight excluding hydrogens is 407 g/mol. The van der Waals surface area contributed by atoms with Crippen molar-refractivity contribution in [2.24, 2.45) is 5.92 Å². The average molecular weight is 431 g/mol. The predicted octanol–water partition coefficient (Wildman–Crippen LogP) is 4.62. The number of hydrogen-bond donors (Lipinski definition) is 2. The molecule has 1 aliphatic heterocycles. The van der Waals surface area contributed by atoms with Crippen LogP contribution in [0, 0.1) is 5.92 Å². The number of benzene rings is 2. The Bertz CT molecular complexity index is 941. The Balaban J connectivity index is 1.27. The Morgan fingerprint density at radius 3 is 2.26 bits per heavy atom. The third kappa shape index (κ3) is 5.00. The van der Waals surface area contributed by atoms with Crippen molar-refractivity contribution in [1.29, 1.82) is 0 Å². The summed E-state index contributed by atoms with van der Waals surface area (Å²) >= 11 is 0. The zero-order valence-electron chi connectivity index (χ0n) is 16.9. The van der Waals surface area contributed by atoms with Crippen molar-refractivity contribution in [3.63, 3.8) is 0 Å². The van der Waals surface area contributed by atoms with Gasteiger partial charge < -0.3 is 15.5 Å². The summed E-state index contributed by atoms with van der Waals surface area (Å²) in [4.78, 5) is 26.7. The first kappa shape index (κ1) is 21.2. The normalized spacial score (nSPS) is 21.5. The van der Waals surface area contributed by atoms with Gasteiger partial charge in [-0.3, -0.25) is 4.79 Å². The molecule has 2 aromatic rings. The summed E-state index contributed by atoms with van der Waals surface area (Å²) in [6.07, 6.45) is -2.76. The Morgan fingerprint density at radius 1 is 0.935 bits per heavy atom. The molecule has 2 aliphatic rings. The van der Waals surface area contributed by atoms with Gasteiger partial charge in [0.05, 0.1) is 5.56 Å². The second-order valence-corrected chi connectivity index (χ2v) is 8.10. The molecular formula is C23H24F3N3O2. The molecule has 31 heavy (non-hydrogen) atoms. The number of carbonyl (C=O) groups is 2. The van der Waals surface area contributed by atoms with E-state index in [0.717, 1.165) is 11.8 Å². The van der Waals surface area contributed by atoms with Crippen LogP contribution in [0.5, 0.6) is 0 Å². The summed E-state index contributed by atoms with van der Waals surface area (Å²) < 4.78 is 39.7. The van der Waals surface area contributed by atoms with Gasteiger partial charge in [-0.05, 0) is 48.9 Å². The Hall–Kier alpha value is -3.03. The Morgan fingerprint density at radius 2 is 1.58 bits per heavy atom. The molecule has 2 unspecified atom stereocenters. The highest BCUT2D eigenvalue weighted by molar-refractivity contribution is 5.89. The van der Waals surface area contributed by atoms with Crippen molar-refractivity contribution >= 4 is 17.6 Å². The lowest BCUT2D eigenvalue weighted by atomic mass is 10.0. The van der Waals surface area contributed by atoms with E-state index in [1.165, 1.54) is 12.1 Å². The molecule has 2 aromatic carbocycles. The number of urea groups is 1. The van der Waals surface area contributed by atoms with Crippen LogP contribution in [-0.2, 0) is 11.0 Å². The summed E-state index contributed by atoms with van der Waals surface area (Å²) in [6, 6.07) is 14.4. The number of anilines is 1. The van der Waals surface area contributed by atoms with Crippen LogP contribution in [0.1, 0.15) is 36.3 Å². The highest BCUT2D eigenvalue weighted by Gasteiger charge is 2.48. The third-order valence-corrected chi connectivity index (χ3v) is 5.95. The number of likely N-dealkylation sites (tertiary alicyclic amines) is 1. The molecule has 8 heteroatoms. The van der Waals surface area contributed by atoms with Crippen molar-refractivity contribution in [3.05, 3.63) is 65.7 Å². The quantitative estimate of drug-likeness (QED) is 0.742. The molecule has 1 aliphatic carbocycles. The monoisotopic (exact) mass is 431 g/mol. The topological polar surface area (TPSA) is 61.4 Å². The van der Waals surface area contributed by atoms with Gasteiger partial charge in [-0.1, -0.05) is 36.4 Å². The lowest BCUT2D eigenvalue weighted by Gasteiger charge is -2.32. The van der Waals surface area contributed by atoms with E-state index in [1.54, 1.807) is 11.0 Å². The lowest BCUT2D eigenvalue weighted by Crippen LogP contribution is -2.48. The summed E-state index contributed by atoms with van der Waals surface area (Å²) in [6.45, 7) is 1.02. The van der Waals surface area contributed by atoms with Gasteiger partial charge in [0.1, 0.15) is 0 Å². The van der Waals surface area contributed by atoms with Crippen LogP contribution >= 0.6 is 0 Å². The molecule has 1 heterocycles. The van der Waals surface area contributed by atoms with E-state index in [-0.39, 0.29) is 23.5 Å². The van der Waals surface area contributed by atoms with E-state index in [9.17, 15) is 22.8 Å². The van der Waals surface area contributed by atoms with Crippen LogP contribution < -0.4 is 10.6 Å². The maximum absolute atomic E-state index is 13.2. The number of carbonyl (C=O) groups excluding carboxylic acids is 2. The van der Waals surface area contributed by atoms with Crippen LogP contribution in [0.25, 0.3) is 0 Å². The fourth-order valence-electron chi connectivity index (χ4n) is 4.17. The molecule has 3 amide bonds. The highest BCUT2D eigenvalue weighted by atomic mass is 19.4. The van der Waals surface area contributed by atoms with Crippen LogP contribution in [-0.4, -0.2) is 36.0 Å². The summed E-state index contributed by atoms with van der Waals surface area (Å²) in [5, 5.41) is 5.81. The number of alkyl halides is 3. The second-order valence-electron chi connectivity index (χ2n) is 8.10. The lowest BCUT2D eigenvalue weighted by molar-refractivity contribution is -0.138. The standard InChI is InChI=1S/C23H24F3N3O2/c24-23(25,26)20-9-5-4-8-17(20)18-14-19(18)21(30)27-16-10-12-29(13-11-16)22(31)28-15-6-2-1-3-7-15/h1-9,16,18-19H,10-14H2,(H,27,30)(H,28,31). The summed E-state index contributed by atoms with van der Waals surface area (Å²) in [7, 11) is 0. The van der Waals surface area contributed by atoms with Gasteiger partial charge in [-0.15, -0.1) is 0 Å². The van der Waals surface area contributed by atoms with Gasteiger partial charge in [0.2, 0.25) is 5.91 Å². The largest absolute Gasteiger partial charge is 0.416 e. The first-order valence-corrected chi connectivity index (χ1v) is 10.4. The van der Waals surface area contributed by atoms with Crippen LogP contribution in [0.4, 0.5) is 23.7 Å². The van der Waals surface area contributed by atoms with E-state index in [0.29, 0.717) is 32.4 Å². The zero-order chi connectivity index (χ0) is 22.0. The second kappa shape index (κ2) is 8.61. The Labute approximate surface area is 178 Å². The summed E-state index contributed by atoms with van der Waals surface area (Å²) in [5.74, 6) is -1.02. The SMILES string of the molecule is O=C(NC1CCN(C(=O)Nc2ccccc2)CC1)C1CC1c1ccccc1C(F)(F)F. The number of para-hydroxylation sites is 1. The van der Waals surface area contributed by atoms with E-state index < -0.39 is 23.6 Å². The maximum Gasteiger partial charge on any atom is 0.416 e. The van der Waals surface area contributed by atoms with Crippen molar-refractivity contribution < 1.29 is 22.8 Å². The first-order valence-electron chi connectivity index (χ1n) is 10.4. The van der Waals surface area contributed by atoms with E-state index >= 15 is 0 Å². The van der Waals surface area contributed by atoms with Crippen molar-refractivity contribution in [2.45, 2.75) is 37.4 Å². The number of amides is 3. The predicted molar refractivity (Wildman–Crippen MR) is 110 cm³/mol. The van der Waals surface area contributed by atoms with Crippen molar-refractivity contribution in [1.82, 2.24) is 10.2 Å². The fraction of sp³-hybridized carbons (Fsp3) is 0.391. The van der Waals surface area contributed by atoms with Crippen LogP contribution in [0.2, 0.25) is 0 Å². The molecule has 1 saturated heterocycles.